The monoisotopic (exact) mass is 325 g/mol. The zero-order valence-corrected chi connectivity index (χ0v) is 13.7. The van der Waals surface area contributed by atoms with Crippen molar-refractivity contribution in [2.45, 2.75) is 31.6 Å². The van der Waals surface area contributed by atoms with Crippen LogP contribution < -0.4 is 10.0 Å². The number of nitrogens with zero attached hydrogens (tertiary/aromatic N) is 1. The quantitative estimate of drug-likeness (QED) is 0.859. The van der Waals surface area contributed by atoms with E-state index >= 15 is 0 Å². The van der Waals surface area contributed by atoms with Gasteiger partial charge in [0.05, 0.1) is 5.75 Å². The van der Waals surface area contributed by atoms with E-state index in [1.807, 2.05) is 17.0 Å². The highest BCUT2D eigenvalue weighted by atomic mass is 32.2. The zero-order valence-electron chi connectivity index (χ0n) is 12.8. The van der Waals surface area contributed by atoms with Crippen LogP contribution in [0.3, 0.4) is 0 Å². The van der Waals surface area contributed by atoms with Gasteiger partial charge in [-0.15, -0.1) is 0 Å². The summed E-state index contributed by atoms with van der Waals surface area (Å²) in [5.74, 6) is -0.0841. The van der Waals surface area contributed by atoms with E-state index in [1.165, 1.54) is 13.5 Å². The summed E-state index contributed by atoms with van der Waals surface area (Å²) in [6, 6.07) is 7.19. The third kappa shape index (κ3) is 4.71. The molecule has 0 saturated carbocycles. The van der Waals surface area contributed by atoms with E-state index in [2.05, 4.69) is 10.0 Å². The van der Waals surface area contributed by atoms with Crippen molar-refractivity contribution < 1.29 is 13.2 Å². The maximum absolute atomic E-state index is 12.1. The van der Waals surface area contributed by atoms with Gasteiger partial charge in [-0.25, -0.2) is 17.9 Å². The Labute approximate surface area is 131 Å². The molecule has 122 valence electrons. The van der Waals surface area contributed by atoms with Crippen molar-refractivity contribution in [3.05, 3.63) is 35.4 Å². The third-order valence-electron chi connectivity index (χ3n) is 3.85. The summed E-state index contributed by atoms with van der Waals surface area (Å²) >= 11 is 0. The topological polar surface area (TPSA) is 78.5 Å². The van der Waals surface area contributed by atoms with Crippen LogP contribution in [0.25, 0.3) is 0 Å². The molecule has 2 rings (SSSR count). The fourth-order valence-electron chi connectivity index (χ4n) is 2.53. The molecule has 6 nitrogen and oxygen atoms in total. The Morgan fingerprint density at radius 1 is 1.14 bits per heavy atom. The molecule has 1 saturated heterocycles. The molecule has 2 amide bonds. The van der Waals surface area contributed by atoms with Gasteiger partial charge in [0.25, 0.3) is 0 Å². The maximum Gasteiger partial charge on any atom is 0.317 e. The van der Waals surface area contributed by atoms with Crippen molar-refractivity contribution in [2.75, 3.05) is 20.1 Å². The molecule has 7 heteroatoms. The molecule has 0 atom stereocenters. The Balaban J connectivity index is 1.99. The van der Waals surface area contributed by atoms with Gasteiger partial charge in [0.2, 0.25) is 10.0 Å². The minimum Gasteiger partial charge on any atom is -0.334 e. The van der Waals surface area contributed by atoms with Crippen LogP contribution in [-0.2, 0) is 22.3 Å². The molecular formula is C15H23N3O3S. The van der Waals surface area contributed by atoms with Crippen molar-refractivity contribution in [1.82, 2.24) is 14.9 Å². The predicted molar refractivity (Wildman–Crippen MR) is 85.8 cm³/mol. The number of carbonyl (C=O) groups is 1. The Kier molecular flexibility index (Phi) is 5.79. The standard InChI is InChI=1S/C15H23N3O3S/c1-16-22(20,21)12-14-8-4-3-7-13(14)11-17-15(19)18-9-5-2-6-10-18/h3-4,7-8,16H,2,5-6,9-12H2,1H3,(H,17,19). The van der Waals surface area contributed by atoms with Crippen molar-refractivity contribution >= 4 is 16.1 Å². The molecule has 1 aliphatic heterocycles. The van der Waals surface area contributed by atoms with Gasteiger partial charge in [-0.1, -0.05) is 24.3 Å². The summed E-state index contributed by atoms with van der Waals surface area (Å²) in [6.07, 6.45) is 3.27. The number of amides is 2. The molecule has 0 unspecified atom stereocenters. The van der Waals surface area contributed by atoms with Crippen LogP contribution in [0.5, 0.6) is 0 Å². The van der Waals surface area contributed by atoms with Crippen LogP contribution in [0, 0.1) is 0 Å². The number of likely N-dealkylation sites (tertiary alicyclic amines) is 1. The smallest absolute Gasteiger partial charge is 0.317 e. The van der Waals surface area contributed by atoms with Crippen molar-refractivity contribution in [3.8, 4) is 0 Å². The van der Waals surface area contributed by atoms with Gasteiger partial charge < -0.3 is 10.2 Å². The SMILES string of the molecule is CNS(=O)(=O)Cc1ccccc1CNC(=O)N1CCCCC1. The second-order valence-corrected chi connectivity index (χ2v) is 7.36. The molecule has 1 fully saturated rings. The molecule has 1 heterocycles. The Morgan fingerprint density at radius 2 is 1.77 bits per heavy atom. The second-order valence-electron chi connectivity index (χ2n) is 5.44. The highest BCUT2D eigenvalue weighted by Gasteiger charge is 2.17. The number of nitrogens with one attached hydrogen (secondary N) is 2. The van der Waals surface area contributed by atoms with E-state index < -0.39 is 10.0 Å². The number of rotatable bonds is 5. The summed E-state index contributed by atoms with van der Waals surface area (Å²) in [5, 5.41) is 2.88. The molecule has 22 heavy (non-hydrogen) atoms. The maximum atomic E-state index is 12.1. The summed E-state index contributed by atoms with van der Waals surface area (Å²) in [5.41, 5.74) is 1.53. The zero-order chi connectivity index (χ0) is 16.0. The number of hydrogen-bond donors (Lipinski definition) is 2. The van der Waals surface area contributed by atoms with Crippen molar-refractivity contribution in [1.29, 1.82) is 0 Å². The van der Waals surface area contributed by atoms with Crippen LogP contribution in [0.15, 0.2) is 24.3 Å². The van der Waals surface area contributed by atoms with E-state index in [1.54, 1.807) is 12.1 Å². The lowest BCUT2D eigenvalue weighted by Gasteiger charge is -2.27. The molecule has 1 aromatic rings. The van der Waals surface area contributed by atoms with Crippen molar-refractivity contribution in [3.63, 3.8) is 0 Å². The number of benzene rings is 1. The van der Waals surface area contributed by atoms with Gasteiger partial charge in [0.1, 0.15) is 0 Å². The number of carbonyl (C=O) groups excluding carboxylic acids is 1. The largest absolute Gasteiger partial charge is 0.334 e. The molecule has 0 spiro atoms. The minimum atomic E-state index is -3.33. The lowest BCUT2D eigenvalue weighted by atomic mass is 10.1. The number of hydrogen-bond acceptors (Lipinski definition) is 3. The second kappa shape index (κ2) is 7.60. The first-order chi connectivity index (χ1) is 10.5. The first kappa shape index (κ1) is 16.8. The highest BCUT2D eigenvalue weighted by molar-refractivity contribution is 7.88. The first-order valence-electron chi connectivity index (χ1n) is 7.52. The van der Waals surface area contributed by atoms with E-state index in [-0.39, 0.29) is 11.8 Å². The predicted octanol–water partition coefficient (Wildman–Crippen LogP) is 1.43. The molecule has 2 N–H and O–H groups in total. The fraction of sp³-hybridized carbons (Fsp3) is 0.533. The van der Waals surface area contributed by atoms with E-state index in [9.17, 15) is 13.2 Å². The summed E-state index contributed by atoms with van der Waals surface area (Å²) in [7, 11) is -1.93. The lowest BCUT2D eigenvalue weighted by Crippen LogP contribution is -2.42. The van der Waals surface area contributed by atoms with Crippen LogP contribution in [0.1, 0.15) is 30.4 Å². The lowest BCUT2D eigenvalue weighted by molar-refractivity contribution is 0.186. The van der Waals surface area contributed by atoms with Gasteiger partial charge >= 0.3 is 6.03 Å². The number of sulfonamides is 1. The van der Waals surface area contributed by atoms with Crippen LogP contribution in [0.2, 0.25) is 0 Å². The van der Waals surface area contributed by atoms with Crippen LogP contribution >= 0.6 is 0 Å². The highest BCUT2D eigenvalue weighted by Crippen LogP contribution is 2.13. The molecule has 0 radical (unpaired) electrons. The third-order valence-corrected chi connectivity index (χ3v) is 5.16. The molecule has 1 aromatic carbocycles. The van der Waals surface area contributed by atoms with Gasteiger partial charge in [-0.05, 0) is 37.4 Å². The van der Waals surface area contributed by atoms with E-state index in [0.717, 1.165) is 31.5 Å². The van der Waals surface area contributed by atoms with Crippen LogP contribution in [0.4, 0.5) is 4.79 Å². The average molecular weight is 325 g/mol. The average Bonchev–Trinajstić information content (AvgIpc) is 2.54. The van der Waals surface area contributed by atoms with Crippen molar-refractivity contribution in [2.24, 2.45) is 0 Å². The molecule has 0 bridgehead atoms. The van der Waals surface area contributed by atoms with Gasteiger partial charge in [0, 0.05) is 19.6 Å². The molecular weight excluding hydrogens is 302 g/mol. The molecule has 0 aliphatic carbocycles. The first-order valence-corrected chi connectivity index (χ1v) is 9.18. The van der Waals surface area contributed by atoms with Crippen LogP contribution in [-0.4, -0.2) is 39.5 Å². The van der Waals surface area contributed by atoms with Gasteiger partial charge in [0.15, 0.2) is 0 Å². The van der Waals surface area contributed by atoms with E-state index in [0.29, 0.717) is 12.1 Å². The summed E-state index contributed by atoms with van der Waals surface area (Å²) < 4.78 is 25.7. The molecule has 0 aromatic heterocycles. The van der Waals surface area contributed by atoms with Gasteiger partial charge in [-0.3, -0.25) is 0 Å². The number of urea groups is 1. The number of piperidine rings is 1. The Bertz CT molecular complexity index is 610. The summed E-state index contributed by atoms with van der Waals surface area (Å²) in [4.78, 5) is 13.9. The minimum absolute atomic E-state index is 0.0778. The Morgan fingerprint density at radius 3 is 2.41 bits per heavy atom. The van der Waals surface area contributed by atoms with Gasteiger partial charge in [-0.2, -0.15) is 0 Å². The normalized spacial score (nSPS) is 15.6. The molecule has 1 aliphatic rings. The Hall–Kier alpha value is -1.60. The fourth-order valence-corrected chi connectivity index (χ4v) is 3.36. The van der Waals surface area contributed by atoms with E-state index in [4.69, 9.17) is 0 Å². The summed E-state index contributed by atoms with van der Waals surface area (Å²) in [6.45, 7) is 1.92.